The Balaban J connectivity index is 1.87. The normalized spacial score (nSPS) is 14.8. The lowest BCUT2D eigenvalue weighted by molar-refractivity contribution is -0.116. The maximum atomic E-state index is 12.2. The number of aliphatic hydroxyl groups is 1. The summed E-state index contributed by atoms with van der Waals surface area (Å²) in [6, 6.07) is 9.48. The van der Waals surface area contributed by atoms with E-state index >= 15 is 0 Å². The Kier molecular flexibility index (Phi) is 6.03. The molecule has 0 aliphatic heterocycles. The van der Waals surface area contributed by atoms with Crippen LogP contribution in [-0.4, -0.2) is 23.6 Å². The van der Waals surface area contributed by atoms with E-state index in [9.17, 15) is 9.90 Å². The van der Waals surface area contributed by atoms with E-state index in [4.69, 9.17) is 4.42 Å². The van der Waals surface area contributed by atoms with Gasteiger partial charge in [-0.25, -0.2) is 0 Å². The lowest BCUT2D eigenvalue weighted by Crippen LogP contribution is -2.41. The van der Waals surface area contributed by atoms with Crippen molar-refractivity contribution in [2.24, 2.45) is 0 Å². The summed E-state index contributed by atoms with van der Waals surface area (Å²) in [6.45, 7) is 9.68. The average molecular weight is 344 g/mol. The van der Waals surface area contributed by atoms with Crippen LogP contribution < -0.4 is 10.6 Å². The topological polar surface area (TPSA) is 74.5 Å². The van der Waals surface area contributed by atoms with Gasteiger partial charge in [-0.1, -0.05) is 18.2 Å². The molecule has 0 bridgehead atoms. The van der Waals surface area contributed by atoms with Gasteiger partial charge in [-0.15, -0.1) is 0 Å². The van der Waals surface area contributed by atoms with Crippen molar-refractivity contribution in [1.29, 1.82) is 0 Å². The SMILES string of the molecule is Cc1cc(C(C)(O)CNC(C)CC(=O)Nc2ccccc2C)c(C)o1. The van der Waals surface area contributed by atoms with E-state index in [0.717, 1.165) is 22.6 Å². The Bertz CT molecular complexity index is 734. The number of carbonyl (C=O) groups is 1. The van der Waals surface area contributed by atoms with Crippen LogP contribution in [0.4, 0.5) is 5.69 Å². The second-order valence-corrected chi connectivity index (χ2v) is 6.95. The van der Waals surface area contributed by atoms with Crippen molar-refractivity contribution < 1.29 is 14.3 Å². The summed E-state index contributed by atoms with van der Waals surface area (Å²) >= 11 is 0. The van der Waals surface area contributed by atoms with Gasteiger partial charge in [0.15, 0.2) is 0 Å². The van der Waals surface area contributed by atoms with Gasteiger partial charge in [-0.05, 0) is 52.3 Å². The zero-order chi connectivity index (χ0) is 18.6. The summed E-state index contributed by atoms with van der Waals surface area (Å²) in [4.78, 5) is 12.2. The number of benzene rings is 1. The first kappa shape index (κ1) is 19.2. The number of anilines is 1. The number of nitrogens with one attached hydrogen (secondary N) is 2. The molecule has 1 heterocycles. The highest BCUT2D eigenvalue weighted by molar-refractivity contribution is 5.91. The monoisotopic (exact) mass is 344 g/mol. The van der Waals surface area contributed by atoms with Crippen LogP contribution in [0.3, 0.4) is 0 Å². The third-order valence-electron chi connectivity index (χ3n) is 4.33. The Morgan fingerprint density at radius 1 is 1.28 bits per heavy atom. The van der Waals surface area contributed by atoms with Crippen LogP contribution in [0.1, 0.15) is 42.9 Å². The number of hydrogen-bond acceptors (Lipinski definition) is 4. The van der Waals surface area contributed by atoms with Crippen molar-refractivity contribution in [3.8, 4) is 0 Å². The van der Waals surface area contributed by atoms with Crippen molar-refractivity contribution in [3.05, 3.63) is 53.0 Å². The van der Waals surface area contributed by atoms with Gasteiger partial charge in [-0.2, -0.15) is 0 Å². The fourth-order valence-corrected chi connectivity index (χ4v) is 2.90. The van der Waals surface area contributed by atoms with Crippen molar-refractivity contribution in [2.75, 3.05) is 11.9 Å². The smallest absolute Gasteiger partial charge is 0.225 e. The highest BCUT2D eigenvalue weighted by Gasteiger charge is 2.28. The van der Waals surface area contributed by atoms with E-state index in [-0.39, 0.29) is 11.9 Å². The van der Waals surface area contributed by atoms with Gasteiger partial charge in [0.25, 0.3) is 0 Å². The second kappa shape index (κ2) is 7.85. The van der Waals surface area contributed by atoms with Crippen molar-refractivity contribution in [1.82, 2.24) is 5.32 Å². The van der Waals surface area contributed by atoms with Gasteiger partial charge in [0.05, 0.1) is 0 Å². The molecule has 2 unspecified atom stereocenters. The molecule has 2 aromatic rings. The number of carbonyl (C=O) groups excluding carboxylic acids is 1. The van der Waals surface area contributed by atoms with Gasteiger partial charge in [0.2, 0.25) is 5.91 Å². The maximum Gasteiger partial charge on any atom is 0.225 e. The third-order valence-corrected chi connectivity index (χ3v) is 4.33. The Hall–Kier alpha value is -2.11. The molecule has 0 spiro atoms. The summed E-state index contributed by atoms with van der Waals surface area (Å²) in [5, 5.41) is 16.9. The molecule has 2 rings (SSSR count). The Labute approximate surface area is 149 Å². The highest BCUT2D eigenvalue weighted by atomic mass is 16.3. The summed E-state index contributed by atoms with van der Waals surface area (Å²) < 4.78 is 5.50. The molecule has 0 aliphatic rings. The number of aryl methyl sites for hydroxylation is 3. The van der Waals surface area contributed by atoms with Gasteiger partial charge in [-0.3, -0.25) is 4.79 Å². The van der Waals surface area contributed by atoms with E-state index in [0.29, 0.717) is 18.7 Å². The zero-order valence-corrected chi connectivity index (χ0v) is 15.6. The average Bonchev–Trinajstić information content (AvgIpc) is 2.87. The summed E-state index contributed by atoms with van der Waals surface area (Å²) in [7, 11) is 0. The quantitative estimate of drug-likeness (QED) is 0.719. The summed E-state index contributed by atoms with van der Waals surface area (Å²) in [5.41, 5.74) is 1.58. The fourth-order valence-electron chi connectivity index (χ4n) is 2.90. The lowest BCUT2D eigenvalue weighted by Gasteiger charge is -2.25. The molecular formula is C20H28N2O3. The molecule has 25 heavy (non-hydrogen) atoms. The van der Waals surface area contributed by atoms with Crippen LogP contribution in [0.5, 0.6) is 0 Å². The third kappa shape index (κ3) is 5.18. The zero-order valence-electron chi connectivity index (χ0n) is 15.6. The van der Waals surface area contributed by atoms with E-state index in [1.807, 2.05) is 58.0 Å². The minimum atomic E-state index is -1.05. The largest absolute Gasteiger partial charge is 0.466 e. The van der Waals surface area contributed by atoms with Crippen LogP contribution in [0.15, 0.2) is 34.7 Å². The second-order valence-electron chi connectivity index (χ2n) is 6.95. The van der Waals surface area contributed by atoms with Crippen molar-refractivity contribution >= 4 is 11.6 Å². The van der Waals surface area contributed by atoms with Crippen LogP contribution in [0.2, 0.25) is 0 Å². The van der Waals surface area contributed by atoms with Gasteiger partial charge in [0, 0.05) is 30.3 Å². The van der Waals surface area contributed by atoms with E-state index in [1.54, 1.807) is 6.92 Å². The summed E-state index contributed by atoms with van der Waals surface area (Å²) in [6.07, 6.45) is 0.327. The first-order valence-corrected chi connectivity index (χ1v) is 8.58. The van der Waals surface area contributed by atoms with Gasteiger partial charge in [0.1, 0.15) is 17.1 Å². The first-order valence-electron chi connectivity index (χ1n) is 8.58. The molecule has 0 radical (unpaired) electrons. The molecule has 0 saturated heterocycles. The van der Waals surface area contributed by atoms with Crippen molar-refractivity contribution in [3.63, 3.8) is 0 Å². The minimum absolute atomic E-state index is 0.0516. The Morgan fingerprint density at radius 2 is 1.96 bits per heavy atom. The standard InChI is InChI=1S/C20H28N2O3/c1-13-8-6-7-9-18(13)22-19(23)10-14(2)21-12-20(5,24)17-11-15(3)25-16(17)4/h6-9,11,14,21,24H,10,12H2,1-5H3,(H,22,23). The molecule has 136 valence electrons. The van der Waals surface area contributed by atoms with E-state index in [1.165, 1.54) is 0 Å². The molecular weight excluding hydrogens is 316 g/mol. The lowest BCUT2D eigenvalue weighted by atomic mass is 9.96. The molecule has 5 nitrogen and oxygen atoms in total. The highest BCUT2D eigenvalue weighted by Crippen LogP contribution is 2.26. The van der Waals surface area contributed by atoms with E-state index in [2.05, 4.69) is 10.6 Å². The van der Waals surface area contributed by atoms with Crippen LogP contribution >= 0.6 is 0 Å². The molecule has 0 fully saturated rings. The molecule has 0 saturated carbocycles. The molecule has 0 aliphatic carbocycles. The maximum absolute atomic E-state index is 12.2. The predicted octanol–water partition coefficient (Wildman–Crippen LogP) is 3.42. The Morgan fingerprint density at radius 3 is 2.56 bits per heavy atom. The van der Waals surface area contributed by atoms with E-state index < -0.39 is 5.60 Å². The molecule has 1 aromatic heterocycles. The van der Waals surface area contributed by atoms with Gasteiger partial charge >= 0.3 is 0 Å². The van der Waals surface area contributed by atoms with Crippen LogP contribution in [0.25, 0.3) is 0 Å². The summed E-state index contributed by atoms with van der Waals surface area (Å²) in [5.74, 6) is 1.44. The molecule has 1 amide bonds. The molecule has 3 N–H and O–H groups in total. The first-order chi connectivity index (χ1) is 11.7. The van der Waals surface area contributed by atoms with Crippen LogP contribution in [0, 0.1) is 20.8 Å². The predicted molar refractivity (Wildman–Crippen MR) is 99.6 cm³/mol. The minimum Gasteiger partial charge on any atom is -0.466 e. The van der Waals surface area contributed by atoms with Crippen molar-refractivity contribution in [2.45, 2.75) is 52.7 Å². The number of amides is 1. The molecule has 5 heteroatoms. The number of hydrogen-bond donors (Lipinski definition) is 3. The van der Waals surface area contributed by atoms with Gasteiger partial charge < -0.3 is 20.2 Å². The van der Waals surface area contributed by atoms with Crippen LogP contribution in [-0.2, 0) is 10.4 Å². The number of para-hydroxylation sites is 1. The number of rotatable bonds is 7. The molecule has 1 aromatic carbocycles. The molecule has 2 atom stereocenters. The fraction of sp³-hybridized carbons (Fsp3) is 0.450. The number of furan rings is 1.